The highest BCUT2D eigenvalue weighted by Crippen LogP contribution is 2.25. The number of hydrogen-bond acceptors (Lipinski definition) is 4. The van der Waals surface area contributed by atoms with Gasteiger partial charge in [0.1, 0.15) is 5.75 Å². The number of benzene rings is 1. The monoisotopic (exact) mass is 229 g/mol. The first-order chi connectivity index (χ1) is 8.29. The van der Waals surface area contributed by atoms with Crippen LogP contribution in [0.3, 0.4) is 0 Å². The van der Waals surface area contributed by atoms with Gasteiger partial charge in [0.15, 0.2) is 0 Å². The molecule has 1 N–H and O–H groups in total. The molecular weight excluding hydrogens is 214 g/mol. The number of ether oxygens (including phenoxy) is 1. The van der Waals surface area contributed by atoms with Gasteiger partial charge < -0.3 is 10.1 Å². The van der Waals surface area contributed by atoms with E-state index in [9.17, 15) is 0 Å². The van der Waals surface area contributed by atoms with Crippen LogP contribution in [0.2, 0.25) is 0 Å². The Labute approximate surface area is 101 Å². The Balaban J connectivity index is 2.09. The number of methoxy groups -OCH3 is 1. The summed E-state index contributed by atoms with van der Waals surface area (Å²) in [7, 11) is 1.67. The molecule has 1 aromatic carbocycles. The Kier molecular flexibility index (Phi) is 3.55. The third kappa shape index (κ3) is 2.93. The first kappa shape index (κ1) is 11.4. The summed E-state index contributed by atoms with van der Waals surface area (Å²) in [6.45, 7) is 2.67. The zero-order valence-corrected chi connectivity index (χ0v) is 9.97. The van der Waals surface area contributed by atoms with Crippen LogP contribution in [0.1, 0.15) is 11.3 Å². The van der Waals surface area contributed by atoms with Crippen LogP contribution >= 0.6 is 0 Å². The average Bonchev–Trinajstić information content (AvgIpc) is 2.38. The zero-order chi connectivity index (χ0) is 12.1. The van der Waals surface area contributed by atoms with Crippen LogP contribution in [0.15, 0.2) is 36.8 Å². The Hall–Kier alpha value is -2.10. The SMILES string of the molecule is COc1cc(C)ccc1NCc1cnccn1. The standard InChI is InChI=1S/C13H15N3O/c1-10-3-4-12(13(7-10)17-2)16-9-11-8-14-5-6-15-11/h3-8,16H,9H2,1-2H3. The summed E-state index contributed by atoms with van der Waals surface area (Å²) >= 11 is 0. The van der Waals surface area contributed by atoms with Crippen LogP contribution in [-0.4, -0.2) is 17.1 Å². The van der Waals surface area contributed by atoms with E-state index in [4.69, 9.17) is 4.74 Å². The lowest BCUT2D eigenvalue weighted by atomic mass is 10.2. The van der Waals surface area contributed by atoms with Gasteiger partial charge >= 0.3 is 0 Å². The maximum atomic E-state index is 5.32. The third-order valence-electron chi connectivity index (χ3n) is 2.43. The first-order valence-corrected chi connectivity index (χ1v) is 5.43. The minimum Gasteiger partial charge on any atom is -0.495 e. The Morgan fingerprint density at radius 3 is 2.88 bits per heavy atom. The Bertz CT molecular complexity index is 485. The molecule has 1 aromatic heterocycles. The molecule has 88 valence electrons. The van der Waals surface area contributed by atoms with Crippen molar-refractivity contribution < 1.29 is 4.74 Å². The predicted molar refractivity (Wildman–Crippen MR) is 67.1 cm³/mol. The number of rotatable bonds is 4. The van der Waals surface area contributed by atoms with Crippen molar-refractivity contribution in [1.82, 2.24) is 9.97 Å². The Morgan fingerprint density at radius 1 is 1.29 bits per heavy atom. The van der Waals surface area contributed by atoms with Gasteiger partial charge in [0.2, 0.25) is 0 Å². The van der Waals surface area contributed by atoms with Gasteiger partial charge in [-0.25, -0.2) is 0 Å². The van der Waals surface area contributed by atoms with E-state index in [2.05, 4.69) is 15.3 Å². The molecule has 17 heavy (non-hydrogen) atoms. The molecule has 0 saturated carbocycles. The van der Waals surface area contributed by atoms with E-state index < -0.39 is 0 Å². The van der Waals surface area contributed by atoms with Gasteiger partial charge in [-0.15, -0.1) is 0 Å². The summed E-state index contributed by atoms with van der Waals surface area (Å²) in [5, 5.41) is 3.28. The molecule has 2 rings (SSSR count). The minimum absolute atomic E-state index is 0.632. The number of anilines is 1. The molecule has 4 nitrogen and oxygen atoms in total. The van der Waals surface area contributed by atoms with Crippen molar-refractivity contribution in [2.75, 3.05) is 12.4 Å². The van der Waals surface area contributed by atoms with Gasteiger partial charge in [0.05, 0.1) is 31.2 Å². The molecule has 0 amide bonds. The number of hydrogen-bond donors (Lipinski definition) is 1. The number of nitrogens with zero attached hydrogens (tertiary/aromatic N) is 2. The number of nitrogens with one attached hydrogen (secondary N) is 1. The van der Waals surface area contributed by atoms with E-state index in [1.807, 2.05) is 25.1 Å². The fourth-order valence-corrected chi connectivity index (χ4v) is 1.55. The van der Waals surface area contributed by atoms with Crippen LogP contribution in [0.25, 0.3) is 0 Å². The maximum Gasteiger partial charge on any atom is 0.142 e. The molecule has 0 saturated heterocycles. The van der Waals surface area contributed by atoms with Gasteiger partial charge in [-0.2, -0.15) is 0 Å². The average molecular weight is 229 g/mol. The van der Waals surface area contributed by atoms with E-state index in [0.29, 0.717) is 6.54 Å². The highest BCUT2D eigenvalue weighted by Gasteiger charge is 2.02. The van der Waals surface area contributed by atoms with Crippen molar-refractivity contribution in [3.05, 3.63) is 48.0 Å². The van der Waals surface area contributed by atoms with E-state index in [1.165, 1.54) is 5.56 Å². The van der Waals surface area contributed by atoms with Gasteiger partial charge in [-0.3, -0.25) is 9.97 Å². The Morgan fingerprint density at radius 2 is 2.18 bits per heavy atom. The molecule has 0 spiro atoms. The minimum atomic E-state index is 0.632. The van der Waals surface area contributed by atoms with Crippen LogP contribution in [0.4, 0.5) is 5.69 Å². The fourth-order valence-electron chi connectivity index (χ4n) is 1.55. The molecule has 0 fully saturated rings. The van der Waals surface area contributed by atoms with E-state index >= 15 is 0 Å². The van der Waals surface area contributed by atoms with Crippen molar-refractivity contribution in [3.63, 3.8) is 0 Å². The molecule has 1 heterocycles. The van der Waals surface area contributed by atoms with E-state index in [1.54, 1.807) is 25.7 Å². The first-order valence-electron chi connectivity index (χ1n) is 5.43. The molecule has 0 aliphatic heterocycles. The van der Waals surface area contributed by atoms with E-state index in [-0.39, 0.29) is 0 Å². The second kappa shape index (κ2) is 5.30. The van der Waals surface area contributed by atoms with Gasteiger partial charge in [0, 0.05) is 12.4 Å². The van der Waals surface area contributed by atoms with Crippen LogP contribution in [0, 0.1) is 6.92 Å². The molecule has 0 bridgehead atoms. The van der Waals surface area contributed by atoms with E-state index in [0.717, 1.165) is 17.1 Å². The molecule has 0 aliphatic rings. The number of aryl methyl sites for hydroxylation is 1. The topological polar surface area (TPSA) is 47.0 Å². The largest absolute Gasteiger partial charge is 0.495 e. The van der Waals surface area contributed by atoms with Crippen LogP contribution in [-0.2, 0) is 6.54 Å². The molecule has 4 heteroatoms. The molecular formula is C13H15N3O. The second-order valence-electron chi connectivity index (χ2n) is 3.75. The van der Waals surface area contributed by atoms with Crippen molar-refractivity contribution in [3.8, 4) is 5.75 Å². The summed E-state index contributed by atoms with van der Waals surface area (Å²) < 4.78 is 5.32. The molecule has 0 unspecified atom stereocenters. The van der Waals surface area contributed by atoms with Crippen molar-refractivity contribution in [2.24, 2.45) is 0 Å². The lowest BCUT2D eigenvalue weighted by Gasteiger charge is -2.11. The third-order valence-corrected chi connectivity index (χ3v) is 2.43. The quantitative estimate of drug-likeness (QED) is 0.874. The van der Waals surface area contributed by atoms with Gasteiger partial charge in [-0.05, 0) is 24.6 Å². The number of aromatic nitrogens is 2. The lowest BCUT2D eigenvalue weighted by molar-refractivity contribution is 0.416. The maximum absolute atomic E-state index is 5.32. The van der Waals surface area contributed by atoms with Crippen molar-refractivity contribution in [2.45, 2.75) is 13.5 Å². The van der Waals surface area contributed by atoms with Crippen LogP contribution < -0.4 is 10.1 Å². The van der Waals surface area contributed by atoms with Crippen molar-refractivity contribution >= 4 is 5.69 Å². The van der Waals surface area contributed by atoms with Gasteiger partial charge in [-0.1, -0.05) is 6.07 Å². The molecule has 2 aromatic rings. The molecule has 0 atom stereocenters. The summed E-state index contributed by atoms with van der Waals surface area (Å²) in [4.78, 5) is 8.22. The predicted octanol–water partition coefficient (Wildman–Crippen LogP) is 2.41. The lowest BCUT2D eigenvalue weighted by Crippen LogP contribution is -2.03. The summed E-state index contributed by atoms with van der Waals surface area (Å²) in [5.41, 5.74) is 3.03. The summed E-state index contributed by atoms with van der Waals surface area (Å²) in [5.74, 6) is 0.842. The normalized spacial score (nSPS) is 10.0. The smallest absolute Gasteiger partial charge is 0.142 e. The highest BCUT2D eigenvalue weighted by molar-refractivity contribution is 5.57. The highest BCUT2D eigenvalue weighted by atomic mass is 16.5. The molecule has 0 radical (unpaired) electrons. The zero-order valence-electron chi connectivity index (χ0n) is 9.97. The fraction of sp³-hybridized carbons (Fsp3) is 0.231. The van der Waals surface area contributed by atoms with Crippen molar-refractivity contribution in [1.29, 1.82) is 0 Å². The molecule has 0 aliphatic carbocycles. The summed E-state index contributed by atoms with van der Waals surface area (Å²) in [6, 6.07) is 6.05. The van der Waals surface area contributed by atoms with Gasteiger partial charge in [0.25, 0.3) is 0 Å². The second-order valence-corrected chi connectivity index (χ2v) is 3.75. The van der Waals surface area contributed by atoms with Crippen LogP contribution in [0.5, 0.6) is 5.75 Å². The summed E-state index contributed by atoms with van der Waals surface area (Å²) in [6.07, 6.45) is 5.09.